The molecule has 2 nitrogen and oxygen atoms in total. The maximum atomic E-state index is 12.0. The fourth-order valence-corrected chi connectivity index (χ4v) is 2.38. The zero-order valence-corrected chi connectivity index (χ0v) is 10.5. The van der Waals surface area contributed by atoms with Crippen LogP contribution in [0.2, 0.25) is 0 Å². The highest BCUT2D eigenvalue weighted by Gasteiger charge is 2.34. The largest absolute Gasteiger partial charge is 0.325 e. The first kappa shape index (κ1) is 12.3. The van der Waals surface area contributed by atoms with Crippen LogP contribution in [0.15, 0.2) is 24.3 Å². The molecule has 0 aromatic heterocycles. The third-order valence-electron chi connectivity index (χ3n) is 3.68. The van der Waals surface area contributed by atoms with Crippen molar-refractivity contribution in [2.45, 2.75) is 51.0 Å². The summed E-state index contributed by atoms with van der Waals surface area (Å²) in [6.45, 7) is 2.16. The average molecular weight is 231 g/mol. The van der Waals surface area contributed by atoms with Crippen LogP contribution in [-0.2, 0) is 6.42 Å². The van der Waals surface area contributed by atoms with Crippen LogP contribution < -0.4 is 5.73 Å². The Balaban J connectivity index is 1.99. The number of nitrogens with two attached hydrogens (primary N) is 1. The first-order valence-electron chi connectivity index (χ1n) is 6.54. The van der Waals surface area contributed by atoms with Crippen LogP contribution in [-0.4, -0.2) is 11.3 Å². The predicted molar refractivity (Wildman–Crippen MR) is 70.2 cm³/mol. The van der Waals surface area contributed by atoms with E-state index in [-0.39, 0.29) is 11.3 Å². The zero-order chi connectivity index (χ0) is 12.3. The molecule has 1 aromatic carbocycles. The van der Waals surface area contributed by atoms with Gasteiger partial charge < -0.3 is 5.73 Å². The molecule has 0 unspecified atom stereocenters. The fraction of sp³-hybridized carbons (Fsp3) is 0.533. The maximum absolute atomic E-state index is 12.0. The van der Waals surface area contributed by atoms with Gasteiger partial charge in [0.1, 0.15) is 0 Å². The van der Waals surface area contributed by atoms with Crippen molar-refractivity contribution in [3.05, 3.63) is 35.4 Å². The summed E-state index contributed by atoms with van der Waals surface area (Å²) in [6, 6.07) is 7.99. The molecule has 1 fully saturated rings. The number of carbonyl (C=O) groups excluding carboxylic acids is 1. The average Bonchev–Trinajstić information content (AvgIpc) is 2.28. The van der Waals surface area contributed by atoms with Gasteiger partial charge in [-0.15, -0.1) is 0 Å². The predicted octanol–water partition coefficient (Wildman–Crippen LogP) is 3.09. The maximum Gasteiger partial charge on any atom is 0.164 e. The van der Waals surface area contributed by atoms with Crippen LogP contribution >= 0.6 is 0 Å². The minimum absolute atomic E-state index is 0.190. The van der Waals surface area contributed by atoms with E-state index in [0.717, 1.165) is 31.2 Å². The van der Waals surface area contributed by atoms with E-state index in [1.54, 1.807) is 0 Å². The molecule has 1 saturated carbocycles. The summed E-state index contributed by atoms with van der Waals surface area (Å²) in [4.78, 5) is 12.0. The molecule has 0 aliphatic heterocycles. The monoisotopic (exact) mass is 231 g/mol. The standard InChI is InChI=1S/C15H21NO/c1-2-4-12-5-7-13(8-6-12)14(17)11-15(16)9-3-10-15/h5-8H,2-4,9-11,16H2,1H3. The first-order chi connectivity index (χ1) is 8.13. The van der Waals surface area contributed by atoms with Gasteiger partial charge in [0, 0.05) is 17.5 Å². The van der Waals surface area contributed by atoms with Gasteiger partial charge in [-0.05, 0) is 31.2 Å². The van der Waals surface area contributed by atoms with Crippen molar-refractivity contribution in [3.8, 4) is 0 Å². The van der Waals surface area contributed by atoms with Crippen LogP contribution in [0.1, 0.15) is 54.9 Å². The van der Waals surface area contributed by atoms with Gasteiger partial charge in [0.25, 0.3) is 0 Å². The summed E-state index contributed by atoms with van der Waals surface area (Å²) in [5.41, 5.74) is 8.00. The summed E-state index contributed by atoms with van der Waals surface area (Å²) in [7, 11) is 0. The normalized spacial score (nSPS) is 17.5. The van der Waals surface area contributed by atoms with Crippen molar-refractivity contribution in [2.24, 2.45) is 5.73 Å². The van der Waals surface area contributed by atoms with Crippen LogP contribution in [0.4, 0.5) is 0 Å². The molecule has 0 spiro atoms. The molecular weight excluding hydrogens is 210 g/mol. The molecular formula is C15H21NO. The number of Topliss-reactive ketones (excluding diaryl/α,β-unsaturated/α-hetero) is 1. The van der Waals surface area contributed by atoms with E-state index in [1.807, 2.05) is 12.1 Å². The first-order valence-corrected chi connectivity index (χ1v) is 6.54. The van der Waals surface area contributed by atoms with E-state index in [1.165, 1.54) is 12.0 Å². The molecule has 0 bridgehead atoms. The van der Waals surface area contributed by atoms with Crippen LogP contribution in [0.3, 0.4) is 0 Å². The highest BCUT2D eigenvalue weighted by atomic mass is 16.1. The quantitative estimate of drug-likeness (QED) is 0.791. The van der Waals surface area contributed by atoms with Crippen molar-refractivity contribution in [1.29, 1.82) is 0 Å². The molecule has 1 aromatic rings. The Bertz CT molecular complexity index is 390. The highest BCUT2D eigenvalue weighted by molar-refractivity contribution is 5.96. The number of carbonyl (C=O) groups is 1. The second-order valence-electron chi connectivity index (χ2n) is 5.26. The van der Waals surface area contributed by atoms with Gasteiger partial charge in [-0.3, -0.25) is 4.79 Å². The summed E-state index contributed by atoms with van der Waals surface area (Å²) < 4.78 is 0. The van der Waals surface area contributed by atoms with Gasteiger partial charge in [-0.1, -0.05) is 37.6 Å². The molecule has 0 heterocycles. The SMILES string of the molecule is CCCc1ccc(C(=O)CC2(N)CCC2)cc1. The Morgan fingerprint density at radius 3 is 2.41 bits per heavy atom. The molecule has 2 heteroatoms. The minimum atomic E-state index is -0.209. The van der Waals surface area contributed by atoms with E-state index in [2.05, 4.69) is 19.1 Å². The summed E-state index contributed by atoms with van der Waals surface area (Å²) in [5.74, 6) is 0.190. The van der Waals surface area contributed by atoms with E-state index in [0.29, 0.717) is 6.42 Å². The summed E-state index contributed by atoms with van der Waals surface area (Å²) in [5, 5.41) is 0. The lowest BCUT2D eigenvalue weighted by Crippen LogP contribution is -2.48. The second-order valence-corrected chi connectivity index (χ2v) is 5.26. The Morgan fingerprint density at radius 2 is 1.94 bits per heavy atom. The minimum Gasteiger partial charge on any atom is -0.325 e. The molecule has 17 heavy (non-hydrogen) atoms. The third-order valence-corrected chi connectivity index (χ3v) is 3.68. The second kappa shape index (κ2) is 5.01. The van der Waals surface area contributed by atoms with Gasteiger partial charge in [0.05, 0.1) is 0 Å². The number of rotatable bonds is 5. The molecule has 92 valence electrons. The van der Waals surface area contributed by atoms with E-state index >= 15 is 0 Å². The zero-order valence-electron chi connectivity index (χ0n) is 10.5. The molecule has 2 rings (SSSR count). The number of aryl methyl sites for hydroxylation is 1. The van der Waals surface area contributed by atoms with Gasteiger partial charge in [-0.2, -0.15) is 0 Å². The highest BCUT2D eigenvalue weighted by Crippen LogP contribution is 2.33. The van der Waals surface area contributed by atoms with E-state index in [9.17, 15) is 4.79 Å². The number of ketones is 1. The summed E-state index contributed by atoms with van der Waals surface area (Å²) in [6.07, 6.45) is 5.87. The van der Waals surface area contributed by atoms with Crippen LogP contribution in [0.5, 0.6) is 0 Å². The van der Waals surface area contributed by atoms with Crippen molar-refractivity contribution >= 4 is 5.78 Å². The van der Waals surface area contributed by atoms with E-state index < -0.39 is 0 Å². The Kier molecular flexibility index (Phi) is 3.63. The van der Waals surface area contributed by atoms with E-state index in [4.69, 9.17) is 5.73 Å². The lowest BCUT2D eigenvalue weighted by atomic mass is 9.74. The van der Waals surface area contributed by atoms with Gasteiger partial charge in [0.2, 0.25) is 0 Å². The van der Waals surface area contributed by atoms with Crippen molar-refractivity contribution < 1.29 is 4.79 Å². The molecule has 1 aliphatic carbocycles. The number of hydrogen-bond donors (Lipinski definition) is 1. The smallest absolute Gasteiger partial charge is 0.164 e. The van der Waals surface area contributed by atoms with Crippen molar-refractivity contribution in [3.63, 3.8) is 0 Å². The number of benzene rings is 1. The fourth-order valence-electron chi connectivity index (χ4n) is 2.38. The topological polar surface area (TPSA) is 43.1 Å². The van der Waals surface area contributed by atoms with Crippen molar-refractivity contribution in [2.75, 3.05) is 0 Å². The van der Waals surface area contributed by atoms with Crippen LogP contribution in [0, 0.1) is 0 Å². The van der Waals surface area contributed by atoms with Gasteiger partial charge >= 0.3 is 0 Å². The Hall–Kier alpha value is -1.15. The Morgan fingerprint density at radius 1 is 1.29 bits per heavy atom. The summed E-state index contributed by atoms with van der Waals surface area (Å²) >= 11 is 0. The van der Waals surface area contributed by atoms with Crippen molar-refractivity contribution in [1.82, 2.24) is 0 Å². The molecule has 0 amide bonds. The molecule has 0 radical (unpaired) electrons. The lowest BCUT2D eigenvalue weighted by Gasteiger charge is -2.37. The van der Waals surface area contributed by atoms with Crippen LogP contribution in [0.25, 0.3) is 0 Å². The van der Waals surface area contributed by atoms with Gasteiger partial charge in [0.15, 0.2) is 5.78 Å². The molecule has 0 saturated heterocycles. The third kappa shape index (κ3) is 2.95. The lowest BCUT2D eigenvalue weighted by molar-refractivity contribution is 0.0912. The molecule has 2 N–H and O–H groups in total. The van der Waals surface area contributed by atoms with Gasteiger partial charge in [-0.25, -0.2) is 0 Å². The molecule has 1 aliphatic rings. The Labute approximate surface area is 103 Å². The molecule has 0 atom stereocenters. The number of hydrogen-bond acceptors (Lipinski definition) is 2.